The smallest absolute Gasteiger partial charge is 0.256 e. The van der Waals surface area contributed by atoms with Gasteiger partial charge in [-0.25, -0.2) is 4.98 Å². The molecule has 1 aliphatic rings. The number of amides is 1. The fraction of sp³-hybridized carbons (Fsp3) is 0.0476. The normalized spacial score (nSPS) is 14.8. The van der Waals surface area contributed by atoms with Gasteiger partial charge < -0.3 is 9.73 Å². The molecule has 4 aromatic rings. The second kappa shape index (κ2) is 5.68. The molecule has 0 spiro atoms. The van der Waals surface area contributed by atoms with Crippen LogP contribution in [0.25, 0.3) is 32.6 Å². The zero-order chi connectivity index (χ0) is 17.7. The minimum absolute atomic E-state index is 0.104. The summed E-state index contributed by atoms with van der Waals surface area (Å²) in [6.07, 6.45) is 1.79. The van der Waals surface area contributed by atoms with Crippen molar-refractivity contribution in [1.82, 2.24) is 4.98 Å². The summed E-state index contributed by atoms with van der Waals surface area (Å²) in [4.78, 5) is 17.0. The number of nitrogens with one attached hydrogen (secondary N) is 1. The van der Waals surface area contributed by atoms with E-state index < -0.39 is 0 Å². The number of thiazole rings is 1. The van der Waals surface area contributed by atoms with E-state index in [0.29, 0.717) is 17.1 Å². The number of rotatable bonds is 2. The number of furan rings is 1. The van der Waals surface area contributed by atoms with E-state index in [-0.39, 0.29) is 5.91 Å². The molecule has 1 amide bonds. The Balaban J connectivity index is 1.54. The van der Waals surface area contributed by atoms with E-state index in [1.54, 1.807) is 17.4 Å². The van der Waals surface area contributed by atoms with Crippen LogP contribution in [-0.4, -0.2) is 10.9 Å². The van der Waals surface area contributed by atoms with Crippen LogP contribution >= 0.6 is 11.3 Å². The molecule has 126 valence electrons. The first-order valence-corrected chi connectivity index (χ1v) is 9.09. The van der Waals surface area contributed by atoms with Crippen LogP contribution in [-0.2, 0) is 4.79 Å². The molecule has 0 radical (unpaired) electrons. The van der Waals surface area contributed by atoms with Crippen molar-refractivity contribution in [2.75, 3.05) is 5.32 Å². The molecule has 1 aliphatic heterocycles. The summed E-state index contributed by atoms with van der Waals surface area (Å²) < 4.78 is 7.07. The van der Waals surface area contributed by atoms with Gasteiger partial charge in [0.15, 0.2) is 10.8 Å². The summed E-state index contributed by atoms with van der Waals surface area (Å²) in [5, 5.41) is 3.77. The lowest BCUT2D eigenvalue weighted by molar-refractivity contribution is -0.110. The Labute approximate surface area is 153 Å². The number of nitrogens with zero attached hydrogens (tertiary/aromatic N) is 1. The van der Waals surface area contributed by atoms with Gasteiger partial charge in [0.2, 0.25) is 0 Å². The summed E-state index contributed by atoms with van der Waals surface area (Å²) in [5.74, 6) is 1.24. The molecule has 0 saturated heterocycles. The van der Waals surface area contributed by atoms with Gasteiger partial charge in [0.25, 0.3) is 5.91 Å². The lowest BCUT2D eigenvalue weighted by Crippen LogP contribution is -2.04. The van der Waals surface area contributed by atoms with Gasteiger partial charge in [-0.15, -0.1) is 11.3 Å². The van der Waals surface area contributed by atoms with Crippen LogP contribution in [0.5, 0.6) is 0 Å². The number of para-hydroxylation sites is 2. The van der Waals surface area contributed by atoms with Crippen molar-refractivity contribution >= 4 is 44.8 Å². The van der Waals surface area contributed by atoms with Gasteiger partial charge in [0.05, 0.1) is 21.5 Å². The molecule has 2 aromatic carbocycles. The first kappa shape index (κ1) is 15.1. The molecule has 4 nitrogen and oxygen atoms in total. The van der Waals surface area contributed by atoms with E-state index >= 15 is 0 Å². The first-order chi connectivity index (χ1) is 12.7. The number of fused-ring (bicyclic) bond motifs is 2. The first-order valence-electron chi connectivity index (χ1n) is 8.28. The van der Waals surface area contributed by atoms with Crippen molar-refractivity contribution in [1.29, 1.82) is 0 Å². The van der Waals surface area contributed by atoms with E-state index in [2.05, 4.69) is 10.3 Å². The Bertz CT molecular complexity index is 1170. The Hall–Kier alpha value is -3.18. The largest absolute Gasteiger partial charge is 0.454 e. The van der Waals surface area contributed by atoms with Crippen LogP contribution in [0.15, 0.2) is 59.0 Å². The van der Waals surface area contributed by atoms with E-state index in [1.807, 2.05) is 61.5 Å². The second-order valence-electron chi connectivity index (χ2n) is 6.20. The summed E-state index contributed by atoms with van der Waals surface area (Å²) >= 11 is 1.59. The van der Waals surface area contributed by atoms with E-state index in [0.717, 1.165) is 32.0 Å². The van der Waals surface area contributed by atoms with Crippen molar-refractivity contribution in [3.05, 3.63) is 71.5 Å². The predicted octanol–water partition coefficient (Wildman–Crippen LogP) is 5.36. The lowest BCUT2D eigenvalue weighted by atomic mass is 10.0. The Morgan fingerprint density at radius 1 is 1.08 bits per heavy atom. The highest BCUT2D eigenvalue weighted by molar-refractivity contribution is 7.21. The molecule has 3 heterocycles. The number of aryl methyl sites for hydroxylation is 1. The van der Waals surface area contributed by atoms with Crippen LogP contribution in [0.2, 0.25) is 0 Å². The number of hydrogen-bond acceptors (Lipinski definition) is 4. The van der Waals surface area contributed by atoms with Crippen LogP contribution in [0.3, 0.4) is 0 Å². The van der Waals surface area contributed by atoms with Crippen molar-refractivity contribution < 1.29 is 9.21 Å². The molecule has 0 unspecified atom stereocenters. The lowest BCUT2D eigenvalue weighted by Gasteiger charge is -2.01. The molecule has 0 aliphatic carbocycles. The maximum atomic E-state index is 12.4. The van der Waals surface area contributed by atoms with Gasteiger partial charge in [-0.1, -0.05) is 30.3 Å². The minimum atomic E-state index is -0.104. The van der Waals surface area contributed by atoms with E-state index in [9.17, 15) is 4.79 Å². The fourth-order valence-corrected chi connectivity index (χ4v) is 4.10. The standard InChI is InChI=1S/C21H14N2O2S/c1-12-5-4-6-14-15(20(24)23-19(12)14)11-13-9-10-17(25-13)21-22-16-7-2-3-8-18(16)26-21/h2-11H,1H3,(H,23,24)/b15-11+. The van der Waals surface area contributed by atoms with Gasteiger partial charge in [-0.2, -0.15) is 0 Å². The van der Waals surface area contributed by atoms with Crippen LogP contribution in [0, 0.1) is 6.92 Å². The second-order valence-corrected chi connectivity index (χ2v) is 7.23. The fourth-order valence-electron chi connectivity index (χ4n) is 3.17. The van der Waals surface area contributed by atoms with Crippen molar-refractivity contribution in [3.8, 4) is 10.8 Å². The van der Waals surface area contributed by atoms with Crippen LogP contribution < -0.4 is 5.32 Å². The molecule has 5 heteroatoms. The van der Waals surface area contributed by atoms with Gasteiger partial charge in [0.1, 0.15) is 5.76 Å². The average Bonchev–Trinajstić information content (AvgIpc) is 3.34. The molecule has 0 atom stereocenters. The summed E-state index contributed by atoms with van der Waals surface area (Å²) in [5.41, 5.74) is 4.42. The molecular formula is C21H14N2O2S. The quantitative estimate of drug-likeness (QED) is 0.491. The Kier molecular flexibility index (Phi) is 3.30. The number of hydrogen-bond donors (Lipinski definition) is 1. The summed E-state index contributed by atoms with van der Waals surface area (Å²) in [6, 6.07) is 17.7. The Morgan fingerprint density at radius 3 is 2.85 bits per heavy atom. The van der Waals surface area contributed by atoms with Crippen molar-refractivity contribution in [2.45, 2.75) is 6.92 Å². The summed E-state index contributed by atoms with van der Waals surface area (Å²) in [6.45, 7) is 1.99. The molecule has 0 bridgehead atoms. The molecule has 5 rings (SSSR count). The van der Waals surface area contributed by atoms with Gasteiger partial charge in [-0.05, 0) is 42.8 Å². The Morgan fingerprint density at radius 2 is 1.96 bits per heavy atom. The van der Waals surface area contributed by atoms with Crippen molar-refractivity contribution in [3.63, 3.8) is 0 Å². The number of benzene rings is 2. The summed E-state index contributed by atoms with van der Waals surface area (Å²) in [7, 11) is 0. The van der Waals surface area contributed by atoms with Gasteiger partial charge in [-0.3, -0.25) is 4.79 Å². The minimum Gasteiger partial charge on any atom is -0.454 e. The topological polar surface area (TPSA) is 55.1 Å². The van der Waals surface area contributed by atoms with Crippen LogP contribution in [0.1, 0.15) is 16.9 Å². The number of anilines is 1. The van der Waals surface area contributed by atoms with Crippen molar-refractivity contribution in [2.24, 2.45) is 0 Å². The maximum absolute atomic E-state index is 12.4. The third-order valence-electron chi connectivity index (χ3n) is 4.46. The third kappa shape index (κ3) is 2.36. The SMILES string of the molecule is Cc1cccc2c1NC(=O)/C2=C/c1ccc(-c2nc3ccccc3s2)o1. The third-order valence-corrected chi connectivity index (χ3v) is 5.52. The molecule has 0 saturated carbocycles. The molecule has 0 fully saturated rings. The van der Waals surface area contributed by atoms with Crippen LogP contribution in [0.4, 0.5) is 5.69 Å². The number of aromatic nitrogens is 1. The zero-order valence-electron chi connectivity index (χ0n) is 13.9. The predicted molar refractivity (Wildman–Crippen MR) is 105 cm³/mol. The molecule has 2 aromatic heterocycles. The highest BCUT2D eigenvalue weighted by Gasteiger charge is 2.25. The van der Waals surface area contributed by atoms with E-state index in [4.69, 9.17) is 4.42 Å². The highest BCUT2D eigenvalue weighted by atomic mass is 32.1. The number of carbonyl (C=O) groups excluding carboxylic acids is 1. The van der Waals surface area contributed by atoms with Gasteiger partial charge >= 0.3 is 0 Å². The van der Waals surface area contributed by atoms with E-state index in [1.165, 1.54) is 0 Å². The molecular weight excluding hydrogens is 344 g/mol. The van der Waals surface area contributed by atoms with Gasteiger partial charge in [0, 0.05) is 5.56 Å². The maximum Gasteiger partial charge on any atom is 0.256 e. The number of carbonyl (C=O) groups is 1. The monoisotopic (exact) mass is 358 g/mol. The molecule has 1 N–H and O–H groups in total. The highest BCUT2D eigenvalue weighted by Crippen LogP contribution is 2.36. The zero-order valence-corrected chi connectivity index (χ0v) is 14.8. The average molecular weight is 358 g/mol. The molecule has 26 heavy (non-hydrogen) atoms.